The molecule has 0 aliphatic heterocycles. The maximum Gasteiger partial charge on any atom is 0.325 e. The first kappa shape index (κ1) is 19.4. The molecule has 0 fully saturated rings. The lowest BCUT2D eigenvalue weighted by molar-refractivity contribution is -0.138. The van der Waals surface area contributed by atoms with Crippen molar-refractivity contribution in [3.05, 3.63) is 54.2 Å². The van der Waals surface area contributed by atoms with Crippen LogP contribution in [0.5, 0.6) is 0 Å². The molecule has 0 radical (unpaired) electrons. The molecule has 7 nitrogen and oxygen atoms in total. The number of carbonyl (C=O) groups excluding carboxylic acids is 1. The van der Waals surface area contributed by atoms with Gasteiger partial charge in [-0.1, -0.05) is 30.3 Å². The van der Waals surface area contributed by atoms with Crippen LogP contribution in [0.15, 0.2) is 48.7 Å². The van der Waals surface area contributed by atoms with Crippen LogP contribution in [0, 0.1) is 0 Å². The number of amides is 1. The third kappa shape index (κ3) is 3.98. The third-order valence-corrected chi connectivity index (χ3v) is 4.15. The molecule has 2 heterocycles. The predicted octanol–water partition coefficient (Wildman–Crippen LogP) is 3.41. The zero-order valence-corrected chi connectivity index (χ0v) is 16.4. The monoisotopic (exact) mass is 380 g/mol. The summed E-state index contributed by atoms with van der Waals surface area (Å²) in [7, 11) is 0. The molecule has 1 atom stereocenters. The number of hydrogen-bond donors (Lipinski definition) is 3. The molecule has 3 aromatic rings. The molecule has 0 saturated heterocycles. The summed E-state index contributed by atoms with van der Waals surface area (Å²) in [6.45, 7) is 7.57. The third-order valence-electron chi connectivity index (χ3n) is 4.15. The van der Waals surface area contributed by atoms with Crippen molar-refractivity contribution in [2.24, 2.45) is 0 Å². The normalized spacial score (nSPS) is 12.6. The van der Waals surface area contributed by atoms with Crippen LogP contribution < -0.4 is 10.6 Å². The van der Waals surface area contributed by atoms with Crippen LogP contribution >= 0.6 is 0 Å². The number of pyridine rings is 1. The number of nitrogens with one attached hydrogen (secondary N) is 2. The number of nitrogens with zero attached hydrogens (tertiary/aromatic N) is 2. The zero-order chi connectivity index (χ0) is 20.5. The highest BCUT2D eigenvalue weighted by molar-refractivity contribution is 6.02. The number of hydrogen-bond acceptors (Lipinski definition) is 4. The summed E-state index contributed by atoms with van der Waals surface area (Å²) in [4.78, 5) is 28.5. The lowest BCUT2D eigenvalue weighted by Crippen LogP contribution is -2.38. The molecule has 0 bridgehead atoms. The molecule has 1 amide bonds. The van der Waals surface area contributed by atoms with Crippen LogP contribution in [0.2, 0.25) is 0 Å². The Hall–Kier alpha value is -3.35. The zero-order valence-electron chi connectivity index (χ0n) is 16.4. The Morgan fingerprint density at radius 2 is 1.79 bits per heavy atom. The van der Waals surface area contributed by atoms with Gasteiger partial charge in [0.25, 0.3) is 5.91 Å². The van der Waals surface area contributed by atoms with E-state index in [4.69, 9.17) is 10.1 Å². The Morgan fingerprint density at radius 1 is 1.11 bits per heavy atom. The maximum atomic E-state index is 12.7. The van der Waals surface area contributed by atoms with Gasteiger partial charge in [-0.2, -0.15) is 0 Å². The Morgan fingerprint density at radius 3 is 2.39 bits per heavy atom. The van der Waals surface area contributed by atoms with Crippen molar-refractivity contribution in [3.8, 4) is 11.3 Å². The number of carboxylic acid groups (broad SMARTS) is 1. The number of aliphatic carboxylic acids is 1. The number of rotatable bonds is 5. The molecule has 3 rings (SSSR count). The van der Waals surface area contributed by atoms with E-state index in [0.717, 1.165) is 17.1 Å². The molecule has 0 aliphatic carbocycles. The Balaban J connectivity index is 2.17. The highest BCUT2D eigenvalue weighted by atomic mass is 16.4. The summed E-state index contributed by atoms with van der Waals surface area (Å²) in [6, 6.07) is 12.1. The van der Waals surface area contributed by atoms with Gasteiger partial charge in [-0.05, 0) is 39.8 Å². The number of carbonyl (C=O) groups is 2. The molecule has 0 spiro atoms. The van der Waals surface area contributed by atoms with Crippen molar-refractivity contribution < 1.29 is 14.7 Å². The van der Waals surface area contributed by atoms with Crippen molar-refractivity contribution in [3.63, 3.8) is 0 Å². The Labute approximate surface area is 163 Å². The van der Waals surface area contributed by atoms with E-state index in [-0.39, 0.29) is 5.54 Å². The van der Waals surface area contributed by atoms with Gasteiger partial charge in [0.05, 0.1) is 5.56 Å². The molecular weight excluding hydrogens is 356 g/mol. The Kier molecular flexibility index (Phi) is 5.09. The number of carboxylic acids is 1. The molecule has 1 unspecified atom stereocenters. The first-order valence-electron chi connectivity index (χ1n) is 9.06. The molecule has 0 saturated carbocycles. The van der Waals surface area contributed by atoms with E-state index in [2.05, 4.69) is 10.6 Å². The highest BCUT2D eigenvalue weighted by Crippen LogP contribution is 2.31. The number of aromatic nitrogens is 2. The lowest BCUT2D eigenvalue weighted by Gasteiger charge is -2.22. The minimum Gasteiger partial charge on any atom is -0.480 e. The minimum absolute atomic E-state index is 0.227. The van der Waals surface area contributed by atoms with Crippen LogP contribution in [-0.4, -0.2) is 37.9 Å². The van der Waals surface area contributed by atoms with E-state index in [1.807, 2.05) is 61.7 Å². The van der Waals surface area contributed by atoms with E-state index >= 15 is 0 Å². The molecule has 7 heteroatoms. The summed E-state index contributed by atoms with van der Waals surface area (Å²) >= 11 is 0. The fraction of sp³-hybridized carbons (Fsp3) is 0.286. The highest BCUT2D eigenvalue weighted by Gasteiger charge is 2.23. The lowest BCUT2D eigenvalue weighted by atomic mass is 10.1. The number of fused-ring (bicyclic) bond motifs is 1. The summed E-state index contributed by atoms with van der Waals surface area (Å²) in [5.41, 5.74) is 2.19. The number of imidazole rings is 1. The van der Waals surface area contributed by atoms with Crippen LogP contribution in [-0.2, 0) is 4.79 Å². The predicted molar refractivity (Wildman–Crippen MR) is 109 cm³/mol. The van der Waals surface area contributed by atoms with Crippen molar-refractivity contribution in [2.45, 2.75) is 39.3 Å². The fourth-order valence-electron chi connectivity index (χ4n) is 2.85. The quantitative estimate of drug-likeness (QED) is 0.630. The van der Waals surface area contributed by atoms with E-state index in [0.29, 0.717) is 11.2 Å². The molecule has 3 N–H and O–H groups in total. The Bertz CT molecular complexity index is 1020. The molecule has 1 aromatic carbocycles. The van der Waals surface area contributed by atoms with Gasteiger partial charge in [0.2, 0.25) is 0 Å². The topological polar surface area (TPSA) is 95.7 Å². The first-order chi connectivity index (χ1) is 13.2. The van der Waals surface area contributed by atoms with E-state index in [1.54, 1.807) is 12.1 Å². The minimum atomic E-state index is -1.09. The second kappa shape index (κ2) is 7.34. The van der Waals surface area contributed by atoms with Crippen LogP contribution in [0.3, 0.4) is 0 Å². The molecule has 2 aromatic heterocycles. The second-order valence-corrected chi connectivity index (χ2v) is 7.70. The number of benzene rings is 1. The van der Waals surface area contributed by atoms with Crippen molar-refractivity contribution in [1.82, 2.24) is 14.7 Å². The van der Waals surface area contributed by atoms with Crippen LogP contribution in [0.4, 0.5) is 5.82 Å². The smallest absolute Gasteiger partial charge is 0.325 e. The number of anilines is 1. The van der Waals surface area contributed by atoms with Gasteiger partial charge < -0.3 is 15.7 Å². The van der Waals surface area contributed by atoms with Gasteiger partial charge in [0.1, 0.15) is 17.6 Å². The molecule has 0 aliphatic rings. The second-order valence-electron chi connectivity index (χ2n) is 7.70. The van der Waals surface area contributed by atoms with Gasteiger partial charge in [0, 0.05) is 17.3 Å². The molecule has 146 valence electrons. The largest absolute Gasteiger partial charge is 0.480 e. The summed E-state index contributed by atoms with van der Waals surface area (Å²) in [5.74, 6) is -0.800. The molecular formula is C21H24N4O3. The summed E-state index contributed by atoms with van der Waals surface area (Å²) in [5, 5.41) is 15.0. The van der Waals surface area contributed by atoms with Gasteiger partial charge in [-0.3, -0.25) is 14.0 Å². The van der Waals surface area contributed by atoms with Crippen molar-refractivity contribution >= 4 is 23.3 Å². The SMILES string of the molecule is CC(NC(=O)c1cccn2c(NC(C)(C)C)c(-c3ccccc3)nc12)C(=O)O. The first-order valence-corrected chi connectivity index (χ1v) is 9.06. The summed E-state index contributed by atoms with van der Waals surface area (Å²) < 4.78 is 1.83. The van der Waals surface area contributed by atoms with Gasteiger partial charge in [0.15, 0.2) is 5.65 Å². The van der Waals surface area contributed by atoms with E-state index in [1.165, 1.54) is 6.92 Å². The average Bonchev–Trinajstić information content (AvgIpc) is 2.99. The van der Waals surface area contributed by atoms with Gasteiger partial charge in [-0.15, -0.1) is 0 Å². The van der Waals surface area contributed by atoms with Crippen molar-refractivity contribution in [1.29, 1.82) is 0 Å². The van der Waals surface area contributed by atoms with Gasteiger partial charge in [-0.25, -0.2) is 4.98 Å². The van der Waals surface area contributed by atoms with Crippen LogP contribution in [0.1, 0.15) is 38.1 Å². The van der Waals surface area contributed by atoms with Crippen molar-refractivity contribution in [2.75, 3.05) is 5.32 Å². The van der Waals surface area contributed by atoms with E-state index in [9.17, 15) is 9.59 Å². The average molecular weight is 380 g/mol. The van der Waals surface area contributed by atoms with Crippen LogP contribution in [0.25, 0.3) is 16.9 Å². The standard InChI is InChI=1S/C21H24N4O3/c1-13(20(27)28)22-19(26)15-11-8-12-25-17(15)23-16(14-9-6-5-7-10-14)18(25)24-21(2,3)4/h5-13,24H,1-4H3,(H,22,26)(H,27,28). The fourth-order valence-corrected chi connectivity index (χ4v) is 2.85. The van der Waals surface area contributed by atoms with E-state index < -0.39 is 17.9 Å². The summed E-state index contributed by atoms with van der Waals surface area (Å²) in [6.07, 6.45) is 1.83. The maximum absolute atomic E-state index is 12.7. The molecule has 28 heavy (non-hydrogen) atoms. The van der Waals surface area contributed by atoms with Gasteiger partial charge >= 0.3 is 5.97 Å².